The van der Waals surface area contributed by atoms with Crippen molar-refractivity contribution in [3.05, 3.63) is 52.8 Å². The second-order valence-electron chi connectivity index (χ2n) is 5.93. The zero-order valence-corrected chi connectivity index (χ0v) is 13.3. The highest BCUT2D eigenvalue weighted by molar-refractivity contribution is 5.99. The third-order valence-corrected chi connectivity index (χ3v) is 4.30. The van der Waals surface area contributed by atoms with E-state index in [9.17, 15) is 10.1 Å². The molecule has 0 bridgehead atoms. The number of nitrogens with zero attached hydrogens (tertiary/aromatic N) is 4. The molecule has 0 aromatic carbocycles. The summed E-state index contributed by atoms with van der Waals surface area (Å²) in [5.41, 5.74) is 9.10. The van der Waals surface area contributed by atoms with Crippen molar-refractivity contribution in [3.8, 4) is 6.07 Å². The number of aromatic nitrogens is 1. The van der Waals surface area contributed by atoms with Crippen molar-refractivity contribution in [1.29, 1.82) is 5.26 Å². The summed E-state index contributed by atoms with van der Waals surface area (Å²) < 4.78 is 0. The molecule has 0 saturated heterocycles. The average molecular weight is 309 g/mol. The molecule has 1 aromatic rings. The van der Waals surface area contributed by atoms with Gasteiger partial charge in [-0.2, -0.15) is 5.26 Å². The summed E-state index contributed by atoms with van der Waals surface area (Å²) in [6, 6.07) is 5.91. The third kappa shape index (κ3) is 2.39. The highest BCUT2D eigenvalue weighted by atomic mass is 16.1. The largest absolute Gasteiger partial charge is 0.383 e. The number of nitriles is 1. The van der Waals surface area contributed by atoms with Gasteiger partial charge in [-0.15, -0.1) is 0 Å². The summed E-state index contributed by atoms with van der Waals surface area (Å²) in [6.45, 7) is 0. The van der Waals surface area contributed by atoms with E-state index in [1.54, 1.807) is 17.4 Å². The summed E-state index contributed by atoms with van der Waals surface area (Å²) in [7, 11) is 3.71. The van der Waals surface area contributed by atoms with Gasteiger partial charge in [0.25, 0.3) is 0 Å². The lowest BCUT2D eigenvalue weighted by atomic mass is 9.76. The van der Waals surface area contributed by atoms with Crippen LogP contribution in [-0.2, 0) is 4.79 Å². The maximum atomic E-state index is 12.7. The molecule has 6 nitrogen and oxygen atoms in total. The van der Waals surface area contributed by atoms with Gasteiger partial charge in [-0.25, -0.2) is 5.01 Å². The van der Waals surface area contributed by atoms with Crippen LogP contribution in [0.15, 0.2) is 47.2 Å². The van der Waals surface area contributed by atoms with Crippen LogP contribution in [0.1, 0.15) is 30.7 Å². The van der Waals surface area contributed by atoms with Gasteiger partial charge in [-0.1, -0.05) is 6.07 Å². The van der Waals surface area contributed by atoms with Crippen molar-refractivity contribution in [3.63, 3.8) is 0 Å². The normalized spacial score (nSPS) is 21.6. The van der Waals surface area contributed by atoms with E-state index in [2.05, 4.69) is 11.1 Å². The number of rotatable bonds is 2. The van der Waals surface area contributed by atoms with Crippen LogP contribution in [0.3, 0.4) is 0 Å². The molecule has 0 amide bonds. The van der Waals surface area contributed by atoms with Crippen LogP contribution >= 0.6 is 0 Å². The van der Waals surface area contributed by atoms with E-state index in [-0.39, 0.29) is 5.78 Å². The highest BCUT2D eigenvalue weighted by Gasteiger charge is 2.40. The maximum Gasteiger partial charge on any atom is 0.161 e. The Kier molecular flexibility index (Phi) is 3.89. The Labute approximate surface area is 135 Å². The summed E-state index contributed by atoms with van der Waals surface area (Å²) in [6.07, 6.45) is 5.46. The lowest BCUT2D eigenvalue weighted by Gasteiger charge is -2.42. The molecule has 0 unspecified atom stereocenters. The molecule has 23 heavy (non-hydrogen) atoms. The van der Waals surface area contributed by atoms with Crippen LogP contribution in [-0.4, -0.2) is 34.9 Å². The van der Waals surface area contributed by atoms with Gasteiger partial charge in [0.1, 0.15) is 5.82 Å². The topological polar surface area (TPSA) is 86.2 Å². The Morgan fingerprint density at radius 3 is 2.83 bits per heavy atom. The predicted molar refractivity (Wildman–Crippen MR) is 85.2 cm³/mol. The first-order chi connectivity index (χ1) is 11.1. The number of pyridine rings is 1. The SMILES string of the molecule is CN(C)N1C(N)=C(C#N)[C@H](c2cccnc2)C2=C1CCCC2=O. The number of Topliss-reactive ketones (excluding diaryl/α,β-unsaturated/α-hetero) is 1. The molecule has 2 heterocycles. The van der Waals surface area contributed by atoms with Gasteiger partial charge in [-0.3, -0.25) is 14.8 Å². The Morgan fingerprint density at radius 1 is 1.43 bits per heavy atom. The molecule has 3 rings (SSSR count). The van der Waals surface area contributed by atoms with Crippen molar-refractivity contribution in [2.24, 2.45) is 5.73 Å². The molecule has 118 valence electrons. The van der Waals surface area contributed by atoms with Crippen molar-refractivity contribution >= 4 is 5.78 Å². The molecule has 1 aliphatic heterocycles. The maximum absolute atomic E-state index is 12.7. The third-order valence-electron chi connectivity index (χ3n) is 4.30. The fourth-order valence-electron chi connectivity index (χ4n) is 3.40. The van der Waals surface area contributed by atoms with E-state index in [1.165, 1.54) is 0 Å². The zero-order valence-electron chi connectivity index (χ0n) is 13.3. The summed E-state index contributed by atoms with van der Waals surface area (Å²) >= 11 is 0. The number of carbonyl (C=O) groups is 1. The first kappa shape index (κ1) is 15.3. The molecular weight excluding hydrogens is 290 g/mol. The molecular formula is C17H19N5O. The number of hydrogen-bond donors (Lipinski definition) is 1. The Balaban J connectivity index is 2.26. The Morgan fingerprint density at radius 2 is 2.22 bits per heavy atom. The fourth-order valence-corrected chi connectivity index (χ4v) is 3.40. The smallest absolute Gasteiger partial charge is 0.161 e. The van der Waals surface area contributed by atoms with E-state index in [1.807, 2.05) is 31.2 Å². The van der Waals surface area contributed by atoms with Crippen LogP contribution in [0.4, 0.5) is 0 Å². The zero-order chi connectivity index (χ0) is 16.6. The van der Waals surface area contributed by atoms with E-state index in [0.717, 1.165) is 24.1 Å². The van der Waals surface area contributed by atoms with Crippen LogP contribution in [0.25, 0.3) is 0 Å². The van der Waals surface area contributed by atoms with Crippen LogP contribution in [0, 0.1) is 11.3 Å². The Bertz CT molecular complexity index is 742. The van der Waals surface area contributed by atoms with Crippen LogP contribution < -0.4 is 5.73 Å². The average Bonchev–Trinajstić information content (AvgIpc) is 2.54. The van der Waals surface area contributed by atoms with Gasteiger partial charge < -0.3 is 5.73 Å². The quantitative estimate of drug-likeness (QED) is 0.894. The van der Waals surface area contributed by atoms with Crippen LogP contribution in [0.5, 0.6) is 0 Å². The lowest BCUT2D eigenvalue weighted by molar-refractivity contribution is -0.116. The second-order valence-corrected chi connectivity index (χ2v) is 5.93. The van der Waals surface area contributed by atoms with Crippen LogP contribution in [0.2, 0.25) is 0 Å². The van der Waals surface area contributed by atoms with E-state index < -0.39 is 5.92 Å². The van der Waals surface area contributed by atoms with Gasteiger partial charge >= 0.3 is 0 Å². The molecule has 2 aliphatic rings. The van der Waals surface area contributed by atoms with E-state index >= 15 is 0 Å². The van der Waals surface area contributed by atoms with Gasteiger partial charge in [0.05, 0.1) is 17.6 Å². The molecule has 1 aromatic heterocycles. The minimum absolute atomic E-state index is 0.0900. The predicted octanol–water partition coefficient (Wildman–Crippen LogP) is 1.66. The summed E-state index contributed by atoms with van der Waals surface area (Å²) in [5, 5.41) is 13.3. The minimum atomic E-state index is -0.423. The molecule has 0 spiro atoms. The van der Waals surface area contributed by atoms with E-state index in [0.29, 0.717) is 23.4 Å². The first-order valence-electron chi connectivity index (χ1n) is 7.59. The Hall–Kier alpha value is -2.65. The molecule has 0 fully saturated rings. The van der Waals surface area contributed by atoms with Crippen molar-refractivity contribution in [2.45, 2.75) is 25.2 Å². The molecule has 1 atom stereocenters. The number of nitrogens with two attached hydrogens (primary N) is 1. The van der Waals surface area contributed by atoms with Gasteiger partial charge in [0, 0.05) is 44.2 Å². The number of hydrazine groups is 1. The number of carbonyl (C=O) groups excluding carboxylic acids is 1. The monoisotopic (exact) mass is 309 g/mol. The second kappa shape index (κ2) is 5.86. The minimum Gasteiger partial charge on any atom is -0.383 e. The van der Waals surface area contributed by atoms with Gasteiger partial charge in [0.2, 0.25) is 0 Å². The fraction of sp³-hybridized carbons (Fsp3) is 0.353. The summed E-state index contributed by atoms with van der Waals surface area (Å²) in [5.74, 6) is 0.0553. The highest BCUT2D eigenvalue weighted by Crippen LogP contribution is 2.44. The molecule has 6 heteroatoms. The molecule has 0 radical (unpaired) electrons. The van der Waals surface area contributed by atoms with Crippen molar-refractivity contribution in [1.82, 2.24) is 15.0 Å². The number of ketones is 1. The molecule has 0 saturated carbocycles. The van der Waals surface area contributed by atoms with E-state index in [4.69, 9.17) is 5.73 Å². The summed E-state index contributed by atoms with van der Waals surface area (Å²) in [4.78, 5) is 16.8. The number of allylic oxidation sites excluding steroid dienone is 3. The molecule has 2 N–H and O–H groups in total. The molecule has 1 aliphatic carbocycles. The van der Waals surface area contributed by atoms with Gasteiger partial charge in [0.15, 0.2) is 5.78 Å². The van der Waals surface area contributed by atoms with Crippen molar-refractivity contribution in [2.75, 3.05) is 14.1 Å². The van der Waals surface area contributed by atoms with Crippen molar-refractivity contribution < 1.29 is 4.79 Å². The number of hydrogen-bond acceptors (Lipinski definition) is 6. The standard InChI is InChI=1S/C17H19N5O/c1-21(2)22-13-6-3-7-14(23)16(13)15(12(9-18)17(22)19)11-5-4-8-20-10-11/h4-5,8,10,15H,3,6-7,19H2,1-2H3/t15-/m0/s1. The first-order valence-corrected chi connectivity index (χ1v) is 7.59. The van der Waals surface area contributed by atoms with Gasteiger partial charge in [-0.05, 0) is 24.5 Å². The lowest BCUT2D eigenvalue weighted by Crippen LogP contribution is -2.45.